The summed E-state index contributed by atoms with van der Waals surface area (Å²) < 4.78 is 26.5. The van der Waals surface area contributed by atoms with Crippen LogP contribution in [0.3, 0.4) is 0 Å². The van der Waals surface area contributed by atoms with Gasteiger partial charge in [0.2, 0.25) is 10.0 Å². The zero-order valence-electron chi connectivity index (χ0n) is 11.8. The molecule has 0 saturated carbocycles. The number of hydrogen-bond donors (Lipinski definition) is 2. The summed E-state index contributed by atoms with van der Waals surface area (Å²) in [5, 5.41) is 4.08. The highest BCUT2D eigenvalue weighted by molar-refractivity contribution is 7.89. The number of sulfonamides is 1. The first-order valence-electron chi connectivity index (χ1n) is 6.93. The van der Waals surface area contributed by atoms with Gasteiger partial charge in [0, 0.05) is 43.8 Å². The number of aromatic nitrogens is 1. The van der Waals surface area contributed by atoms with E-state index >= 15 is 0 Å². The van der Waals surface area contributed by atoms with Crippen LogP contribution in [0.15, 0.2) is 6.20 Å². The van der Waals surface area contributed by atoms with Gasteiger partial charge in [0.25, 0.3) is 0 Å². The molecule has 1 aromatic rings. The van der Waals surface area contributed by atoms with Gasteiger partial charge in [-0.2, -0.15) is 0 Å². The molecule has 2 N–H and O–H groups in total. The Balaban J connectivity index is 1.75. The van der Waals surface area contributed by atoms with Crippen molar-refractivity contribution in [1.29, 1.82) is 0 Å². The zero-order chi connectivity index (χ0) is 14.4. The summed E-state index contributed by atoms with van der Waals surface area (Å²) in [7, 11) is -3.22. The van der Waals surface area contributed by atoms with E-state index in [-0.39, 0.29) is 5.75 Å². The molecule has 1 aliphatic heterocycles. The number of aryl methyl sites for hydroxylation is 1. The molecular weight excluding hydrogens is 296 g/mol. The van der Waals surface area contributed by atoms with Crippen molar-refractivity contribution in [3.05, 3.63) is 16.1 Å². The lowest BCUT2D eigenvalue weighted by atomic mass is 10.4. The Labute approximate surface area is 124 Å². The molecule has 2 rings (SSSR count). The van der Waals surface area contributed by atoms with E-state index in [0.717, 1.165) is 37.6 Å². The van der Waals surface area contributed by atoms with Gasteiger partial charge in [0.1, 0.15) is 5.01 Å². The summed E-state index contributed by atoms with van der Waals surface area (Å²) in [4.78, 5) is 7.57. The molecule has 0 bridgehead atoms. The highest BCUT2D eigenvalue weighted by atomic mass is 32.2. The molecule has 0 atom stereocenters. The summed E-state index contributed by atoms with van der Waals surface area (Å²) in [5.74, 6) is 0.152. The summed E-state index contributed by atoms with van der Waals surface area (Å²) >= 11 is 1.56. The van der Waals surface area contributed by atoms with Crippen LogP contribution >= 0.6 is 11.3 Å². The van der Waals surface area contributed by atoms with Crippen LogP contribution in [0.1, 0.15) is 16.8 Å². The predicted octanol–water partition coefficient (Wildman–Crippen LogP) is 0.0301. The van der Waals surface area contributed by atoms with Crippen LogP contribution in [0.5, 0.6) is 0 Å². The third kappa shape index (κ3) is 5.10. The van der Waals surface area contributed by atoms with Gasteiger partial charge in [0.05, 0.1) is 12.3 Å². The molecule has 1 fully saturated rings. The molecule has 2 heterocycles. The molecule has 1 aromatic heterocycles. The smallest absolute Gasteiger partial charge is 0.213 e. The number of hydrogen-bond acceptors (Lipinski definition) is 6. The van der Waals surface area contributed by atoms with Gasteiger partial charge < -0.3 is 5.32 Å². The van der Waals surface area contributed by atoms with Crippen LogP contribution in [0.4, 0.5) is 0 Å². The Morgan fingerprint density at radius 1 is 1.45 bits per heavy atom. The maximum absolute atomic E-state index is 11.9. The number of nitrogens with one attached hydrogen (secondary N) is 2. The molecule has 1 aliphatic rings. The number of thiazole rings is 1. The molecular formula is C12H22N4O2S2. The minimum absolute atomic E-state index is 0.152. The van der Waals surface area contributed by atoms with E-state index in [1.165, 1.54) is 4.88 Å². The van der Waals surface area contributed by atoms with E-state index in [1.807, 2.05) is 6.20 Å². The normalized spacial score (nSPS) is 17.4. The van der Waals surface area contributed by atoms with Crippen molar-refractivity contribution in [1.82, 2.24) is 19.9 Å². The predicted molar refractivity (Wildman–Crippen MR) is 81.4 cm³/mol. The van der Waals surface area contributed by atoms with Crippen molar-refractivity contribution in [2.75, 3.05) is 38.5 Å². The lowest BCUT2D eigenvalue weighted by molar-refractivity contribution is 0.253. The monoisotopic (exact) mass is 318 g/mol. The highest BCUT2D eigenvalue weighted by Crippen LogP contribution is 2.13. The first-order chi connectivity index (χ1) is 9.59. The fourth-order valence-corrected chi connectivity index (χ4v) is 3.91. The van der Waals surface area contributed by atoms with Gasteiger partial charge in [-0.1, -0.05) is 6.92 Å². The third-order valence-electron chi connectivity index (χ3n) is 3.28. The maximum Gasteiger partial charge on any atom is 0.213 e. The van der Waals surface area contributed by atoms with E-state index in [4.69, 9.17) is 0 Å². The molecule has 0 amide bonds. The zero-order valence-corrected chi connectivity index (χ0v) is 13.4. The molecule has 0 aliphatic carbocycles. The van der Waals surface area contributed by atoms with Crippen LogP contribution in [0.2, 0.25) is 0 Å². The summed E-state index contributed by atoms with van der Waals surface area (Å²) in [6.07, 6.45) is 2.75. The average Bonchev–Trinajstić information content (AvgIpc) is 2.93. The van der Waals surface area contributed by atoms with Crippen LogP contribution in [-0.4, -0.2) is 56.8 Å². The van der Waals surface area contributed by atoms with Crippen LogP contribution in [0, 0.1) is 0 Å². The lowest BCUT2D eigenvalue weighted by Gasteiger charge is -2.26. The first-order valence-corrected chi connectivity index (χ1v) is 9.40. The molecule has 0 unspecified atom stereocenters. The lowest BCUT2D eigenvalue weighted by Crippen LogP contribution is -2.45. The molecule has 20 heavy (non-hydrogen) atoms. The van der Waals surface area contributed by atoms with Crippen LogP contribution < -0.4 is 10.0 Å². The second-order valence-corrected chi connectivity index (χ2v) is 7.93. The summed E-state index contributed by atoms with van der Waals surface area (Å²) in [6.45, 7) is 6.67. The number of piperazine rings is 1. The minimum atomic E-state index is -3.22. The molecule has 8 heteroatoms. The second-order valence-electron chi connectivity index (χ2n) is 4.81. The van der Waals surface area contributed by atoms with Crippen LogP contribution in [-0.2, 0) is 23.0 Å². The quantitative estimate of drug-likeness (QED) is 0.742. The Morgan fingerprint density at radius 3 is 2.85 bits per heavy atom. The molecule has 1 saturated heterocycles. The summed E-state index contributed by atoms with van der Waals surface area (Å²) in [6, 6.07) is 0. The Bertz CT molecular complexity index is 509. The fourth-order valence-electron chi connectivity index (χ4n) is 2.02. The van der Waals surface area contributed by atoms with Gasteiger partial charge in [-0.15, -0.1) is 11.3 Å². The molecule has 0 spiro atoms. The SMILES string of the molecule is CCc1cnc(CNS(=O)(=O)CCN2CCNCC2)s1. The topological polar surface area (TPSA) is 74.3 Å². The molecule has 114 valence electrons. The number of nitrogens with zero attached hydrogens (tertiary/aromatic N) is 2. The standard InChI is InChI=1S/C12H22N4O2S2/c1-2-11-9-14-12(19-11)10-15-20(17,18)8-7-16-5-3-13-4-6-16/h9,13,15H,2-8,10H2,1H3. The molecule has 6 nitrogen and oxygen atoms in total. The maximum atomic E-state index is 11.9. The van der Waals surface area contributed by atoms with Crippen molar-refractivity contribution >= 4 is 21.4 Å². The average molecular weight is 318 g/mol. The number of rotatable bonds is 7. The highest BCUT2D eigenvalue weighted by Gasteiger charge is 2.15. The van der Waals surface area contributed by atoms with Crippen molar-refractivity contribution in [3.63, 3.8) is 0 Å². The van der Waals surface area contributed by atoms with Crippen molar-refractivity contribution in [3.8, 4) is 0 Å². The van der Waals surface area contributed by atoms with E-state index in [9.17, 15) is 8.42 Å². The van der Waals surface area contributed by atoms with Gasteiger partial charge in [-0.3, -0.25) is 4.90 Å². The first kappa shape index (κ1) is 15.8. The Morgan fingerprint density at radius 2 is 2.20 bits per heavy atom. The Kier molecular flexibility index (Phi) is 5.91. The largest absolute Gasteiger partial charge is 0.314 e. The molecule has 0 aromatic carbocycles. The van der Waals surface area contributed by atoms with Gasteiger partial charge >= 0.3 is 0 Å². The van der Waals surface area contributed by atoms with Crippen molar-refractivity contribution in [2.45, 2.75) is 19.9 Å². The van der Waals surface area contributed by atoms with E-state index in [2.05, 4.69) is 26.8 Å². The van der Waals surface area contributed by atoms with E-state index < -0.39 is 10.0 Å². The van der Waals surface area contributed by atoms with Gasteiger partial charge in [0.15, 0.2) is 0 Å². The van der Waals surface area contributed by atoms with E-state index in [0.29, 0.717) is 13.1 Å². The third-order valence-corrected chi connectivity index (χ3v) is 5.72. The summed E-state index contributed by atoms with van der Waals surface area (Å²) in [5.41, 5.74) is 0. The molecule has 0 radical (unpaired) electrons. The van der Waals surface area contributed by atoms with Crippen LogP contribution in [0.25, 0.3) is 0 Å². The minimum Gasteiger partial charge on any atom is -0.314 e. The van der Waals surface area contributed by atoms with Gasteiger partial charge in [-0.25, -0.2) is 18.1 Å². The fraction of sp³-hybridized carbons (Fsp3) is 0.750. The second kappa shape index (κ2) is 7.46. The van der Waals surface area contributed by atoms with E-state index in [1.54, 1.807) is 11.3 Å². The Hall–Kier alpha value is -0.540. The van der Waals surface area contributed by atoms with Crippen molar-refractivity contribution in [2.24, 2.45) is 0 Å². The van der Waals surface area contributed by atoms with Gasteiger partial charge in [-0.05, 0) is 6.42 Å². The van der Waals surface area contributed by atoms with Crippen molar-refractivity contribution < 1.29 is 8.42 Å².